The highest BCUT2D eigenvalue weighted by Gasteiger charge is 2.24. The van der Waals surface area contributed by atoms with Crippen molar-refractivity contribution in [1.82, 2.24) is 14.8 Å². The summed E-state index contributed by atoms with van der Waals surface area (Å²) in [5.41, 5.74) is 3.58. The molecule has 3 aromatic carbocycles. The fourth-order valence-corrected chi connectivity index (χ4v) is 5.90. The highest BCUT2D eigenvalue weighted by Crippen LogP contribution is 2.30. The van der Waals surface area contributed by atoms with E-state index in [4.69, 9.17) is 4.74 Å². The van der Waals surface area contributed by atoms with Gasteiger partial charge < -0.3 is 9.64 Å². The molecule has 1 aromatic heterocycles. The zero-order valence-electron chi connectivity index (χ0n) is 21.4. The summed E-state index contributed by atoms with van der Waals surface area (Å²) in [6.07, 6.45) is 1.56. The summed E-state index contributed by atoms with van der Waals surface area (Å²) < 4.78 is 34.5. The average Bonchev–Trinajstić information content (AvgIpc) is 2.94. The number of ether oxygens (including phenoxy) is 1. The minimum Gasteiger partial charge on any atom is -0.495 e. The number of hydrogen-bond acceptors (Lipinski definition) is 6. The number of carbonyl (C=O) groups excluding carboxylic acids is 1. The van der Waals surface area contributed by atoms with Gasteiger partial charge in [-0.2, -0.15) is 0 Å². The number of methoxy groups -OCH3 is 1. The molecule has 0 bridgehead atoms. The van der Waals surface area contributed by atoms with Crippen molar-refractivity contribution in [2.75, 3.05) is 38.0 Å². The van der Waals surface area contributed by atoms with Crippen molar-refractivity contribution in [3.8, 4) is 5.75 Å². The van der Waals surface area contributed by atoms with Crippen LogP contribution in [0.3, 0.4) is 0 Å². The van der Waals surface area contributed by atoms with Crippen LogP contribution in [0, 0.1) is 6.92 Å². The van der Waals surface area contributed by atoms with E-state index in [1.165, 1.54) is 24.3 Å². The number of aromatic nitrogens is 1. The number of anilines is 1. The van der Waals surface area contributed by atoms with Crippen LogP contribution in [0.2, 0.25) is 0 Å². The first-order valence-electron chi connectivity index (χ1n) is 12.5. The molecule has 1 saturated heterocycles. The normalized spacial score (nSPS) is 14.4. The molecule has 1 fully saturated rings. The number of para-hydroxylation sites is 1. The smallest absolute Gasteiger partial charge is 0.264 e. The van der Waals surface area contributed by atoms with E-state index in [9.17, 15) is 13.2 Å². The van der Waals surface area contributed by atoms with Gasteiger partial charge in [0.2, 0.25) is 0 Å². The fourth-order valence-electron chi connectivity index (χ4n) is 4.64. The minimum atomic E-state index is -3.95. The number of rotatable bonds is 7. The number of carbonyl (C=O) groups is 1. The molecule has 1 aliphatic rings. The van der Waals surface area contributed by atoms with Crippen LogP contribution < -0.4 is 9.46 Å². The third kappa shape index (κ3) is 5.49. The molecule has 0 atom stereocenters. The summed E-state index contributed by atoms with van der Waals surface area (Å²) in [7, 11) is -2.50. The van der Waals surface area contributed by atoms with Crippen molar-refractivity contribution in [1.29, 1.82) is 0 Å². The lowest BCUT2D eigenvalue weighted by Gasteiger charge is -2.35. The molecule has 4 aromatic rings. The zero-order chi connectivity index (χ0) is 26.7. The third-order valence-corrected chi connectivity index (χ3v) is 8.16. The Kier molecular flexibility index (Phi) is 7.31. The van der Waals surface area contributed by atoms with Crippen LogP contribution in [0.5, 0.6) is 5.75 Å². The van der Waals surface area contributed by atoms with E-state index >= 15 is 0 Å². The lowest BCUT2D eigenvalue weighted by molar-refractivity contribution is 0.0628. The average molecular weight is 531 g/mol. The summed E-state index contributed by atoms with van der Waals surface area (Å²) in [5.74, 6) is 0.163. The maximum atomic E-state index is 13.2. The van der Waals surface area contributed by atoms with Crippen LogP contribution in [0.1, 0.15) is 21.5 Å². The molecule has 8 nitrogen and oxygen atoms in total. The Labute approximate surface area is 222 Å². The van der Waals surface area contributed by atoms with Crippen LogP contribution in [0.15, 0.2) is 83.9 Å². The van der Waals surface area contributed by atoms with Gasteiger partial charge in [-0.15, -0.1) is 0 Å². The highest BCUT2D eigenvalue weighted by molar-refractivity contribution is 7.93. The molecule has 0 aliphatic carbocycles. The second kappa shape index (κ2) is 10.8. The number of sulfonamides is 1. The number of hydrogen-bond donors (Lipinski definition) is 1. The second-order valence-electron chi connectivity index (χ2n) is 9.41. The van der Waals surface area contributed by atoms with Crippen molar-refractivity contribution < 1.29 is 17.9 Å². The number of benzene rings is 3. The van der Waals surface area contributed by atoms with Crippen LogP contribution >= 0.6 is 0 Å². The first-order chi connectivity index (χ1) is 18.3. The number of piperazine rings is 1. The highest BCUT2D eigenvalue weighted by atomic mass is 32.2. The Morgan fingerprint density at radius 1 is 0.974 bits per heavy atom. The Balaban J connectivity index is 1.28. The second-order valence-corrected chi connectivity index (χ2v) is 11.1. The van der Waals surface area contributed by atoms with E-state index in [2.05, 4.69) is 45.8 Å². The van der Waals surface area contributed by atoms with Crippen molar-refractivity contribution in [3.05, 3.63) is 95.7 Å². The molecule has 1 aliphatic heterocycles. The Morgan fingerprint density at radius 3 is 2.45 bits per heavy atom. The quantitative estimate of drug-likeness (QED) is 0.383. The molecular formula is C29H30N4O4S. The van der Waals surface area contributed by atoms with E-state index in [0.29, 0.717) is 24.2 Å². The van der Waals surface area contributed by atoms with Crippen molar-refractivity contribution in [2.45, 2.75) is 18.4 Å². The molecular weight excluding hydrogens is 500 g/mol. The molecule has 5 rings (SSSR count). The van der Waals surface area contributed by atoms with Gasteiger partial charge in [-0.05, 0) is 42.8 Å². The standard InChI is InChI=1S/C29H30N4O4S/c1-21-8-10-22(11-9-21)20-32-15-17-33(18-16-32)29(34)24-12-13-25(26(19-24)37-2)31-38(35,36)27-7-3-5-23-6-4-14-30-28(23)27/h3-14,19,31H,15-18,20H2,1-2H3. The van der Waals surface area contributed by atoms with E-state index in [-0.39, 0.29) is 22.2 Å². The van der Waals surface area contributed by atoms with Crippen molar-refractivity contribution in [3.63, 3.8) is 0 Å². The van der Waals surface area contributed by atoms with Gasteiger partial charge in [-0.25, -0.2) is 8.42 Å². The van der Waals surface area contributed by atoms with E-state index in [1.807, 2.05) is 17.0 Å². The van der Waals surface area contributed by atoms with Gasteiger partial charge in [0.25, 0.3) is 15.9 Å². The molecule has 1 N–H and O–H groups in total. The first-order valence-corrected chi connectivity index (χ1v) is 13.9. The van der Waals surface area contributed by atoms with Gasteiger partial charge in [0, 0.05) is 49.9 Å². The zero-order valence-corrected chi connectivity index (χ0v) is 22.2. The van der Waals surface area contributed by atoms with Crippen LogP contribution in [0.4, 0.5) is 5.69 Å². The molecule has 0 radical (unpaired) electrons. The summed E-state index contributed by atoms with van der Waals surface area (Å²) in [6.45, 7) is 5.75. The summed E-state index contributed by atoms with van der Waals surface area (Å²) >= 11 is 0. The largest absolute Gasteiger partial charge is 0.495 e. The van der Waals surface area contributed by atoms with Gasteiger partial charge in [0.1, 0.15) is 10.6 Å². The Morgan fingerprint density at radius 2 is 1.71 bits per heavy atom. The number of nitrogens with one attached hydrogen (secondary N) is 1. The predicted molar refractivity (Wildman–Crippen MR) is 148 cm³/mol. The first kappa shape index (κ1) is 25.7. The topological polar surface area (TPSA) is 91.8 Å². The third-order valence-electron chi connectivity index (χ3n) is 6.76. The summed E-state index contributed by atoms with van der Waals surface area (Å²) in [4.78, 5) is 21.7. The fraction of sp³-hybridized carbons (Fsp3) is 0.241. The number of amides is 1. The van der Waals surface area contributed by atoms with Gasteiger partial charge in [-0.3, -0.25) is 19.4 Å². The molecule has 9 heteroatoms. The van der Waals surface area contributed by atoms with Crippen LogP contribution in [0.25, 0.3) is 10.9 Å². The number of fused-ring (bicyclic) bond motifs is 1. The maximum absolute atomic E-state index is 13.2. The van der Waals surface area contributed by atoms with Gasteiger partial charge in [0.05, 0.1) is 18.3 Å². The van der Waals surface area contributed by atoms with Crippen molar-refractivity contribution >= 4 is 32.5 Å². The lowest BCUT2D eigenvalue weighted by Crippen LogP contribution is -2.48. The maximum Gasteiger partial charge on any atom is 0.264 e. The molecule has 38 heavy (non-hydrogen) atoms. The Hall–Kier alpha value is -3.95. The Bertz CT molecular complexity index is 1560. The van der Waals surface area contributed by atoms with Crippen LogP contribution in [-0.4, -0.2) is 62.4 Å². The summed E-state index contributed by atoms with van der Waals surface area (Å²) in [5, 5.41) is 0.724. The monoisotopic (exact) mass is 530 g/mol. The lowest BCUT2D eigenvalue weighted by atomic mass is 10.1. The number of aryl methyl sites for hydroxylation is 1. The molecule has 2 heterocycles. The molecule has 0 spiro atoms. The van der Waals surface area contributed by atoms with E-state index < -0.39 is 10.0 Å². The van der Waals surface area contributed by atoms with E-state index in [1.54, 1.807) is 36.5 Å². The van der Waals surface area contributed by atoms with Crippen LogP contribution in [-0.2, 0) is 16.6 Å². The molecule has 0 unspecified atom stereocenters. The molecule has 1 amide bonds. The summed E-state index contributed by atoms with van der Waals surface area (Å²) in [6, 6.07) is 21.9. The van der Waals surface area contributed by atoms with E-state index in [0.717, 1.165) is 25.0 Å². The SMILES string of the molecule is COc1cc(C(=O)N2CCN(Cc3ccc(C)cc3)CC2)ccc1NS(=O)(=O)c1cccc2cccnc12. The molecule has 196 valence electrons. The minimum absolute atomic E-state index is 0.0707. The van der Waals surface area contributed by atoms with Gasteiger partial charge >= 0.3 is 0 Å². The van der Waals surface area contributed by atoms with Crippen molar-refractivity contribution in [2.24, 2.45) is 0 Å². The molecule has 0 saturated carbocycles. The predicted octanol–water partition coefficient (Wildman–Crippen LogP) is 4.31. The number of nitrogens with zero attached hydrogens (tertiary/aromatic N) is 3. The number of pyridine rings is 1. The van der Waals surface area contributed by atoms with Gasteiger partial charge in [-0.1, -0.05) is 48.0 Å². The van der Waals surface area contributed by atoms with Gasteiger partial charge in [0.15, 0.2) is 0 Å².